The van der Waals surface area contributed by atoms with Gasteiger partial charge in [-0.1, -0.05) is 54.1 Å². The number of hydrogen-bond acceptors (Lipinski definition) is 1. The van der Waals surface area contributed by atoms with Crippen LogP contribution in [0.4, 0.5) is 13.2 Å². The second-order valence-corrected chi connectivity index (χ2v) is 6.06. The van der Waals surface area contributed by atoms with Gasteiger partial charge in [0, 0.05) is 10.9 Å². The van der Waals surface area contributed by atoms with Gasteiger partial charge in [0.1, 0.15) is 5.75 Å². The summed E-state index contributed by atoms with van der Waals surface area (Å²) in [7, 11) is 0. The summed E-state index contributed by atoms with van der Waals surface area (Å²) < 4.78 is 42.4. The van der Waals surface area contributed by atoms with E-state index in [0.29, 0.717) is 13.0 Å². The summed E-state index contributed by atoms with van der Waals surface area (Å²) in [6.45, 7) is 0.685. The fourth-order valence-corrected chi connectivity index (χ4v) is 2.44. The van der Waals surface area contributed by atoms with Crippen LogP contribution in [0, 0.1) is 0 Å². The zero-order valence-corrected chi connectivity index (χ0v) is 13.7. The third-order valence-corrected chi connectivity index (χ3v) is 3.66. The highest BCUT2D eigenvalue weighted by Crippen LogP contribution is 2.23. The molecule has 0 N–H and O–H groups in total. The predicted octanol–water partition coefficient (Wildman–Crippen LogP) is 6.51. The Labute approximate surface area is 133 Å². The maximum atomic E-state index is 11.9. The summed E-state index contributed by atoms with van der Waals surface area (Å²) in [5, 5.41) is 0. The molecule has 1 nitrogen and oxygen atoms in total. The molecule has 0 fully saturated rings. The number of benzene rings is 1. The standard InChI is InChI=1S/C16H22BrF3O/c17-14-9-8-10-15(13-14)21-12-7-5-3-1-2-4-6-11-16(18,19)20/h8-10,13H,1-7,11-12H2. The summed E-state index contributed by atoms with van der Waals surface area (Å²) in [5.74, 6) is 0.858. The van der Waals surface area contributed by atoms with Gasteiger partial charge in [0.15, 0.2) is 0 Å². The van der Waals surface area contributed by atoms with Gasteiger partial charge >= 0.3 is 6.18 Å². The molecular weight excluding hydrogens is 345 g/mol. The van der Waals surface area contributed by atoms with Crippen LogP contribution in [0.3, 0.4) is 0 Å². The number of alkyl halides is 3. The van der Waals surface area contributed by atoms with E-state index in [2.05, 4.69) is 15.9 Å². The zero-order valence-electron chi connectivity index (χ0n) is 12.1. The lowest BCUT2D eigenvalue weighted by Gasteiger charge is -2.07. The van der Waals surface area contributed by atoms with Crippen molar-refractivity contribution in [2.24, 2.45) is 0 Å². The van der Waals surface area contributed by atoms with E-state index in [1.165, 1.54) is 0 Å². The van der Waals surface area contributed by atoms with Crippen LogP contribution >= 0.6 is 15.9 Å². The highest BCUT2D eigenvalue weighted by Gasteiger charge is 2.25. The van der Waals surface area contributed by atoms with E-state index in [1.807, 2.05) is 24.3 Å². The van der Waals surface area contributed by atoms with Gasteiger partial charge in [0.2, 0.25) is 0 Å². The Bertz CT molecular complexity index is 393. The Hall–Kier alpha value is -0.710. The summed E-state index contributed by atoms with van der Waals surface area (Å²) in [6.07, 6.45) is 1.30. The van der Waals surface area contributed by atoms with Crippen molar-refractivity contribution >= 4 is 15.9 Å². The fraction of sp³-hybridized carbons (Fsp3) is 0.625. The topological polar surface area (TPSA) is 9.23 Å². The van der Waals surface area contributed by atoms with Gasteiger partial charge < -0.3 is 4.74 Å². The Kier molecular flexibility index (Phi) is 8.81. The van der Waals surface area contributed by atoms with Crippen LogP contribution in [-0.4, -0.2) is 12.8 Å². The lowest BCUT2D eigenvalue weighted by molar-refractivity contribution is -0.135. The van der Waals surface area contributed by atoms with Crippen molar-refractivity contribution in [2.75, 3.05) is 6.61 Å². The number of unbranched alkanes of at least 4 members (excludes halogenated alkanes) is 6. The van der Waals surface area contributed by atoms with Crippen LogP contribution < -0.4 is 4.74 Å². The van der Waals surface area contributed by atoms with Crippen LogP contribution in [0.25, 0.3) is 0 Å². The molecule has 1 aromatic carbocycles. The third kappa shape index (κ3) is 10.6. The molecule has 0 aromatic heterocycles. The Morgan fingerprint density at radius 1 is 0.905 bits per heavy atom. The van der Waals surface area contributed by atoms with Gasteiger partial charge in [-0.3, -0.25) is 0 Å². The molecule has 0 amide bonds. The molecule has 5 heteroatoms. The SMILES string of the molecule is FC(F)(F)CCCCCCCCCOc1cccc(Br)c1. The predicted molar refractivity (Wildman–Crippen MR) is 82.6 cm³/mol. The smallest absolute Gasteiger partial charge is 0.389 e. The molecule has 0 radical (unpaired) electrons. The monoisotopic (exact) mass is 366 g/mol. The van der Waals surface area contributed by atoms with Gasteiger partial charge in [-0.25, -0.2) is 0 Å². The highest BCUT2D eigenvalue weighted by atomic mass is 79.9. The number of halogens is 4. The maximum absolute atomic E-state index is 11.9. The van der Waals surface area contributed by atoms with Crippen molar-refractivity contribution in [2.45, 2.75) is 57.5 Å². The summed E-state index contributed by atoms with van der Waals surface area (Å²) in [5.41, 5.74) is 0. The van der Waals surface area contributed by atoms with Crippen molar-refractivity contribution in [3.63, 3.8) is 0 Å². The average Bonchev–Trinajstić information content (AvgIpc) is 2.40. The molecule has 120 valence electrons. The van der Waals surface area contributed by atoms with Crippen LogP contribution in [0.5, 0.6) is 5.75 Å². The first-order valence-corrected chi connectivity index (χ1v) is 8.22. The minimum Gasteiger partial charge on any atom is -0.494 e. The minimum absolute atomic E-state index is 0.259. The first kappa shape index (κ1) is 18.3. The van der Waals surface area contributed by atoms with E-state index in [1.54, 1.807) is 0 Å². The second-order valence-electron chi connectivity index (χ2n) is 5.15. The summed E-state index contributed by atoms with van der Waals surface area (Å²) in [4.78, 5) is 0. The Balaban J connectivity index is 1.89. The average molecular weight is 367 g/mol. The lowest BCUT2D eigenvalue weighted by atomic mass is 10.1. The molecule has 0 atom stereocenters. The van der Waals surface area contributed by atoms with Crippen LogP contribution in [0.2, 0.25) is 0 Å². The van der Waals surface area contributed by atoms with Crippen LogP contribution in [-0.2, 0) is 0 Å². The van der Waals surface area contributed by atoms with Crippen molar-refractivity contribution in [1.82, 2.24) is 0 Å². The highest BCUT2D eigenvalue weighted by molar-refractivity contribution is 9.10. The minimum atomic E-state index is -4.00. The second kappa shape index (κ2) is 10.1. The van der Waals surface area contributed by atoms with E-state index >= 15 is 0 Å². The fourth-order valence-electron chi connectivity index (χ4n) is 2.06. The first-order chi connectivity index (χ1) is 9.97. The van der Waals surface area contributed by atoms with Crippen molar-refractivity contribution < 1.29 is 17.9 Å². The third-order valence-electron chi connectivity index (χ3n) is 3.17. The molecule has 1 aromatic rings. The van der Waals surface area contributed by atoms with E-state index in [4.69, 9.17) is 4.74 Å². The van der Waals surface area contributed by atoms with Gasteiger partial charge in [0.25, 0.3) is 0 Å². The molecule has 0 heterocycles. The molecule has 0 saturated heterocycles. The molecule has 0 unspecified atom stereocenters. The van der Waals surface area contributed by atoms with Gasteiger partial charge in [-0.2, -0.15) is 13.2 Å². The molecule has 0 aliphatic carbocycles. The largest absolute Gasteiger partial charge is 0.494 e. The molecule has 21 heavy (non-hydrogen) atoms. The van der Waals surface area contributed by atoms with E-state index in [-0.39, 0.29) is 6.42 Å². The van der Waals surface area contributed by atoms with Crippen molar-refractivity contribution in [1.29, 1.82) is 0 Å². The molecule has 1 rings (SSSR count). The Morgan fingerprint density at radius 2 is 1.52 bits per heavy atom. The molecule has 0 spiro atoms. The molecule has 0 aliphatic heterocycles. The lowest BCUT2D eigenvalue weighted by Crippen LogP contribution is -2.06. The molecular formula is C16H22BrF3O. The van der Waals surface area contributed by atoms with Gasteiger partial charge in [-0.05, 0) is 31.0 Å². The molecule has 0 aliphatic rings. The molecule has 0 saturated carbocycles. The summed E-state index contributed by atoms with van der Waals surface area (Å²) >= 11 is 3.39. The van der Waals surface area contributed by atoms with E-state index < -0.39 is 12.6 Å². The van der Waals surface area contributed by atoms with Crippen molar-refractivity contribution in [3.05, 3.63) is 28.7 Å². The van der Waals surface area contributed by atoms with Crippen LogP contribution in [0.1, 0.15) is 51.4 Å². The van der Waals surface area contributed by atoms with E-state index in [0.717, 1.165) is 42.3 Å². The quantitative estimate of drug-likeness (QED) is 0.428. The Morgan fingerprint density at radius 3 is 2.14 bits per heavy atom. The first-order valence-electron chi connectivity index (χ1n) is 7.42. The van der Waals surface area contributed by atoms with E-state index in [9.17, 15) is 13.2 Å². The van der Waals surface area contributed by atoms with Gasteiger partial charge in [0.05, 0.1) is 6.61 Å². The number of rotatable bonds is 10. The number of ether oxygens (including phenoxy) is 1. The summed E-state index contributed by atoms with van der Waals surface area (Å²) in [6, 6.07) is 7.73. The van der Waals surface area contributed by atoms with Crippen LogP contribution in [0.15, 0.2) is 28.7 Å². The zero-order chi connectivity index (χ0) is 15.6. The number of hydrogen-bond donors (Lipinski definition) is 0. The van der Waals surface area contributed by atoms with Crippen molar-refractivity contribution in [3.8, 4) is 5.75 Å². The normalized spacial score (nSPS) is 11.6. The molecule has 0 bridgehead atoms. The maximum Gasteiger partial charge on any atom is 0.389 e. The van der Waals surface area contributed by atoms with Gasteiger partial charge in [-0.15, -0.1) is 0 Å².